The summed E-state index contributed by atoms with van der Waals surface area (Å²) in [6.07, 6.45) is 2.04. The highest BCUT2D eigenvalue weighted by atomic mass is 16.5. The van der Waals surface area contributed by atoms with Crippen LogP contribution in [0.3, 0.4) is 0 Å². The van der Waals surface area contributed by atoms with Crippen molar-refractivity contribution < 1.29 is 14.2 Å². The van der Waals surface area contributed by atoms with Gasteiger partial charge in [-0.15, -0.1) is 0 Å². The first kappa shape index (κ1) is 16.8. The molecule has 1 N–H and O–H groups in total. The van der Waals surface area contributed by atoms with Crippen LogP contribution in [0, 0.1) is 5.92 Å². The SMILES string of the molecule is COCCOCCCOCCCNCC(C)C. The highest BCUT2D eigenvalue weighted by Crippen LogP contribution is 1.89. The molecular weight excluding hydrogens is 218 g/mol. The van der Waals surface area contributed by atoms with E-state index in [1.54, 1.807) is 7.11 Å². The lowest BCUT2D eigenvalue weighted by Gasteiger charge is -2.08. The summed E-state index contributed by atoms with van der Waals surface area (Å²) in [5.74, 6) is 0.722. The quantitative estimate of drug-likeness (QED) is 0.503. The maximum absolute atomic E-state index is 5.50. The molecule has 0 aromatic heterocycles. The van der Waals surface area contributed by atoms with E-state index >= 15 is 0 Å². The summed E-state index contributed by atoms with van der Waals surface area (Å²) in [6.45, 7) is 10.3. The smallest absolute Gasteiger partial charge is 0.0700 e. The molecule has 0 heterocycles. The Bertz CT molecular complexity index is 143. The van der Waals surface area contributed by atoms with Crippen molar-refractivity contribution in [2.45, 2.75) is 26.7 Å². The number of hydrogen-bond donors (Lipinski definition) is 1. The van der Waals surface area contributed by atoms with Crippen LogP contribution in [0.25, 0.3) is 0 Å². The number of nitrogens with one attached hydrogen (secondary N) is 1. The zero-order chi connectivity index (χ0) is 12.8. The Balaban J connectivity index is 2.89. The molecule has 0 aliphatic heterocycles. The molecular formula is C13H29NO3. The van der Waals surface area contributed by atoms with Crippen molar-refractivity contribution in [1.82, 2.24) is 5.32 Å². The first-order valence-electron chi connectivity index (χ1n) is 6.62. The van der Waals surface area contributed by atoms with Gasteiger partial charge < -0.3 is 19.5 Å². The second-order valence-corrected chi connectivity index (χ2v) is 4.52. The van der Waals surface area contributed by atoms with Gasteiger partial charge in [0.05, 0.1) is 13.2 Å². The molecule has 0 atom stereocenters. The predicted molar refractivity (Wildman–Crippen MR) is 70.5 cm³/mol. The second kappa shape index (κ2) is 13.9. The van der Waals surface area contributed by atoms with Crippen molar-refractivity contribution in [3.63, 3.8) is 0 Å². The summed E-state index contributed by atoms with van der Waals surface area (Å²) >= 11 is 0. The van der Waals surface area contributed by atoms with Gasteiger partial charge in [0.1, 0.15) is 0 Å². The molecule has 0 aliphatic rings. The Labute approximate surface area is 106 Å². The topological polar surface area (TPSA) is 39.7 Å². The number of ether oxygens (including phenoxy) is 3. The summed E-state index contributed by atoms with van der Waals surface area (Å²) in [6, 6.07) is 0. The van der Waals surface area contributed by atoms with Gasteiger partial charge in [-0.3, -0.25) is 0 Å². The van der Waals surface area contributed by atoms with Crippen LogP contribution in [0.4, 0.5) is 0 Å². The lowest BCUT2D eigenvalue weighted by molar-refractivity contribution is 0.0511. The molecule has 4 heteroatoms. The van der Waals surface area contributed by atoms with Crippen molar-refractivity contribution in [2.24, 2.45) is 5.92 Å². The third-order valence-electron chi connectivity index (χ3n) is 2.20. The Morgan fingerprint density at radius 3 is 2.18 bits per heavy atom. The average Bonchev–Trinajstić information content (AvgIpc) is 2.30. The molecule has 0 aromatic carbocycles. The fraction of sp³-hybridized carbons (Fsp3) is 1.00. The lowest BCUT2D eigenvalue weighted by atomic mass is 10.2. The average molecular weight is 247 g/mol. The molecule has 0 aromatic rings. The van der Waals surface area contributed by atoms with Crippen LogP contribution in [-0.2, 0) is 14.2 Å². The van der Waals surface area contributed by atoms with E-state index in [0.29, 0.717) is 13.2 Å². The maximum atomic E-state index is 5.50. The highest BCUT2D eigenvalue weighted by Gasteiger charge is 1.93. The van der Waals surface area contributed by atoms with Crippen molar-refractivity contribution in [3.05, 3.63) is 0 Å². The molecule has 0 saturated carbocycles. The third kappa shape index (κ3) is 15.8. The number of rotatable bonds is 13. The van der Waals surface area contributed by atoms with Crippen LogP contribution in [0.5, 0.6) is 0 Å². The van der Waals surface area contributed by atoms with E-state index in [1.807, 2.05) is 0 Å². The Morgan fingerprint density at radius 2 is 1.53 bits per heavy atom. The minimum atomic E-state index is 0.669. The van der Waals surface area contributed by atoms with Crippen LogP contribution < -0.4 is 5.32 Å². The number of hydrogen-bond acceptors (Lipinski definition) is 4. The summed E-state index contributed by atoms with van der Waals surface area (Å²) in [5.41, 5.74) is 0. The van der Waals surface area contributed by atoms with E-state index in [2.05, 4.69) is 19.2 Å². The van der Waals surface area contributed by atoms with E-state index in [1.165, 1.54) is 0 Å². The fourth-order valence-corrected chi connectivity index (χ4v) is 1.30. The molecule has 0 bridgehead atoms. The van der Waals surface area contributed by atoms with Crippen molar-refractivity contribution in [1.29, 1.82) is 0 Å². The summed E-state index contributed by atoms with van der Waals surface area (Å²) < 4.78 is 15.7. The predicted octanol–water partition coefficient (Wildman–Crippen LogP) is 1.69. The molecule has 0 saturated heterocycles. The Hall–Kier alpha value is -0.160. The first-order chi connectivity index (χ1) is 8.27. The van der Waals surface area contributed by atoms with Gasteiger partial charge in [0, 0.05) is 26.9 Å². The molecule has 0 amide bonds. The second-order valence-electron chi connectivity index (χ2n) is 4.52. The molecule has 0 rings (SSSR count). The van der Waals surface area contributed by atoms with Gasteiger partial charge in [-0.05, 0) is 31.8 Å². The monoisotopic (exact) mass is 247 g/mol. The minimum absolute atomic E-state index is 0.669. The summed E-state index contributed by atoms with van der Waals surface area (Å²) in [7, 11) is 1.68. The Morgan fingerprint density at radius 1 is 0.882 bits per heavy atom. The van der Waals surface area contributed by atoms with Gasteiger partial charge in [-0.25, -0.2) is 0 Å². The largest absolute Gasteiger partial charge is 0.382 e. The normalized spacial score (nSPS) is 11.3. The lowest BCUT2D eigenvalue weighted by Crippen LogP contribution is -2.21. The highest BCUT2D eigenvalue weighted by molar-refractivity contribution is 4.50. The van der Waals surface area contributed by atoms with E-state index in [9.17, 15) is 0 Å². The van der Waals surface area contributed by atoms with Crippen molar-refractivity contribution in [2.75, 3.05) is 53.2 Å². The van der Waals surface area contributed by atoms with Crippen LogP contribution in [0.1, 0.15) is 26.7 Å². The fourth-order valence-electron chi connectivity index (χ4n) is 1.30. The van der Waals surface area contributed by atoms with E-state index in [4.69, 9.17) is 14.2 Å². The van der Waals surface area contributed by atoms with E-state index in [-0.39, 0.29) is 0 Å². The van der Waals surface area contributed by atoms with Gasteiger partial charge in [0.2, 0.25) is 0 Å². The standard InChI is InChI=1S/C13H29NO3/c1-13(2)12-14-6-4-7-16-8-5-9-17-11-10-15-3/h13-14H,4-12H2,1-3H3. The zero-order valence-corrected chi connectivity index (χ0v) is 11.7. The van der Waals surface area contributed by atoms with Crippen LogP contribution >= 0.6 is 0 Å². The molecule has 4 nitrogen and oxygen atoms in total. The van der Waals surface area contributed by atoms with Gasteiger partial charge in [0.25, 0.3) is 0 Å². The molecule has 0 unspecified atom stereocenters. The van der Waals surface area contributed by atoms with Gasteiger partial charge in [-0.2, -0.15) is 0 Å². The van der Waals surface area contributed by atoms with Crippen molar-refractivity contribution in [3.8, 4) is 0 Å². The van der Waals surface area contributed by atoms with Crippen molar-refractivity contribution >= 4 is 0 Å². The van der Waals surface area contributed by atoms with Crippen LogP contribution in [-0.4, -0.2) is 53.2 Å². The van der Waals surface area contributed by atoms with Crippen LogP contribution in [0.2, 0.25) is 0 Å². The minimum Gasteiger partial charge on any atom is -0.382 e. The van der Waals surface area contributed by atoms with E-state index < -0.39 is 0 Å². The molecule has 17 heavy (non-hydrogen) atoms. The molecule has 0 radical (unpaired) electrons. The molecule has 0 spiro atoms. The summed E-state index contributed by atoms with van der Waals surface area (Å²) in [4.78, 5) is 0. The van der Waals surface area contributed by atoms with E-state index in [0.717, 1.165) is 51.7 Å². The molecule has 0 aliphatic carbocycles. The summed E-state index contributed by atoms with van der Waals surface area (Å²) in [5, 5.41) is 3.39. The molecule has 104 valence electrons. The van der Waals surface area contributed by atoms with Gasteiger partial charge in [-0.1, -0.05) is 13.8 Å². The first-order valence-corrected chi connectivity index (χ1v) is 6.62. The van der Waals surface area contributed by atoms with Gasteiger partial charge >= 0.3 is 0 Å². The number of methoxy groups -OCH3 is 1. The zero-order valence-electron chi connectivity index (χ0n) is 11.7. The third-order valence-corrected chi connectivity index (χ3v) is 2.20. The van der Waals surface area contributed by atoms with Gasteiger partial charge in [0.15, 0.2) is 0 Å². The maximum Gasteiger partial charge on any atom is 0.0700 e. The molecule has 0 fully saturated rings. The van der Waals surface area contributed by atoms with Crippen LogP contribution in [0.15, 0.2) is 0 Å². The Kier molecular flexibility index (Phi) is 13.8.